The van der Waals surface area contributed by atoms with Crippen LogP contribution in [-0.4, -0.2) is 66.4 Å². The summed E-state index contributed by atoms with van der Waals surface area (Å²) in [5.74, 6) is -0.389. The molecule has 0 radical (unpaired) electrons. The molecule has 0 spiro atoms. The lowest BCUT2D eigenvalue weighted by molar-refractivity contribution is -0.141. The first-order valence-corrected chi connectivity index (χ1v) is 12.6. The molecule has 1 amide bonds. The number of carbonyl (C=O) groups excluding carboxylic acids is 2. The Morgan fingerprint density at radius 2 is 1.90 bits per heavy atom. The molecular weight excluding hydrogens is 500 g/mol. The number of nitrogens with one attached hydrogen (secondary N) is 2. The highest BCUT2D eigenvalue weighted by atomic mass is 16.5. The molecule has 3 aromatic heterocycles. The normalized spacial score (nSPS) is 11.1. The number of amides is 1. The minimum atomic E-state index is -0.498. The molecule has 0 fully saturated rings. The van der Waals surface area contributed by atoms with E-state index in [0.29, 0.717) is 41.6 Å². The third kappa shape index (κ3) is 5.35. The zero-order valence-corrected chi connectivity index (χ0v) is 21.8. The van der Waals surface area contributed by atoms with Crippen LogP contribution < -0.4 is 10.1 Å². The smallest absolute Gasteiger partial charge is 0.325 e. The standard InChI is InChI=1S/C27H28N8O4/c1-4-38-23(36)14-28-26(37)20-7-6-8-21-24(20)35(27(29-21)39-5-2)16-18-9-11-19(12-10-18)34-15-17(3)13-22(34)25-30-32-33-31-25/h6-13,15H,4-5,14,16H2,1-3H3,(H,28,37)(H,30,31,32,33). The summed E-state index contributed by atoms with van der Waals surface area (Å²) in [6.45, 7) is 6.46. The van der Waals surface area contributed by atoms with E-state index in [9.17, 15) is 9.59 Å². The van der Waals surface area contributed by atoms with E-state index in [4.69, 9.17) is 9.47 Å². The number of esters is 1. The quantitative estimate of drug-likeness (QED) is 0.264. The average Bonchev–Trinajstić information content (AvgIpc) is 3.67. The third-order valence-electron chi connectivity index (χ3n) is 6.03. The molecule has 0 aliphatic rings. The number of aromatic amines is 1. The molecule has 0 aliphatic heterocycles. The summed E-state index contributed by atoms with van der Waals surface area (Å²) in [5, 5.41) is 17.0. The Kier molecular flexibility index (Phi) is 7.34. The Bertz CT molecular complexity index is 1600. The van der Waals surface area contributed by atoms with E-state index in [-0.39, 0.29) is 13.2 Å². The summed E-state index contributed by atoms with van der Waals surface area (Å²) in [7, 11) is 0. The van der Waals surface area contributed by atoms with Crippen LogP contribution >= 0.6 is 0 Å². The molecule has 12 nitrogen and oxygen atoms in total. The van der Waals surface area contributed by atoms with Gasteiger partial charge < -0.3 is 19.4 Å². The number of benzene rings is 2. The molecule has 200 valence electrons. The van der Waals surface area contributed by atoms with Crippen LogP contribution in [0.2, 0.25) is 0 Å². The lowest BCUT2D eigenvalue weighted by Gasteiger charge is -2.13. The number of H-pyrrole nitrogens is 1. The van der Waals surface area contributed by atoms with Crippen LogP contribution in [0, 0.1) is 6.92 Å². The van der Waals surface area contributed by atoms with Crippen LogP contribution in [0.15, 0.2) is 54.7 Å². The molecule has 5 aromatic rings. The first-order valence-electron chi connectivity index (χ1n) is 12.6. The van der Waals surface area contributed by atoms with Crippen molar-refractivity contribution in [2.45, 2.75) is 27.3 Å². The number of carbonyl (C=O) groups is 2. The van der Waals surface area contributed by atoms with Gasteiger partial charge in [0.2, 0.25) is 5.82 Å². The molecule has 12 heteroatoms. The second kappa shape index (κ2) is 11.2. The van der Waals surface area contributed by atoms with Gasteiger partial charge in [-0.05, 0) is 67.4 Å². The van der Waals surface area contributed by atoms with Gasteiger partial charge in [-0.3, -0.25) is 14.2 Å². The zero-order valence-electron chi connectivity index (χ0n) is 21.8. The Labute approximate surface area is 224 Å². The van der Waals surface area contributed by atoms with E-state index < -0.39 is 11.9 Å². The minimum absolute atomic E-state index is 0.221. The fraction of sp³-hybridized carbons (Fsp3) is 0.259. The number of fused-ring (bicyclic) bond motifs is 1. The highest BCUT2D eigenvalue weighted by Crippen LogP contribution is 2.27. The lowest BCUT2D eigenvalue weighted by Crippen LogP contribution is -2.31. The molecule has 0 atom stereocenters. The zero-order chi connectivity index (χ0) is 27.4. The molecule has 2 aromatic carbocycles. The molecule has 3 heterocycles. The second-order valence-electron chi connectivity index (χ2n) is 8.75. The molecule has 0 unspecified atom stereocenters. The van der Waals surface area contributed by atoms with Crippen molar-refractivity contribution in [2.24, 2.45) is 0 Å². The SMILES string of the molecule is CCOC(=O)CNC(=O)c1cccc2nc(OCC)n(Cc3ccc(-n4cc(C)cc4-c4nn[nH]n4)cc3)c12. The van der Waals surface area contributed by atoms with Gasteiger partial charge in [0, 0.05) is 11.9 Å². The van der Waals surface area contributed by atoms with Gasteiger partial charge in [0.05, 0.1) is 42.0 Å². The predicted octanol–water partition coefficient (Wildman–Crippen LogP) is 3.06. The third-order valence-corrected chi connectivity index (χ3v) is 6.03. The van der Waals surface area contributed by atoms with Crippen LogP contribution in [0.3, 0.4) is 0 Å². The number of nitrogens with zero attached hydrogens (tertiary/aromatic N) is 6. The average molecular weight is 529 g/mol. The molecule has 0 aliphatic carbocycles. The van der Waals surface area contributed by atoms with E-state index in [2.05, 4.69) is 30.9 Å². The van der Waals surface area contributed by atoms with Crippen molar-refractivity contribution in [1.29, 1.82) is 0 Å². The monoisotopic (exact) mass is 528 g/mol. The number of hydrogen-bond acceptors (Lipinski definition) is 8. The van der Waals surface area contributed by atoms with Crippen LogP contribution in [0.5, 0.6) is 6.01 Å². The predicted molar refractivity (Wildman–Crippen MR) is 143 cm³/mol. The topological polar surface area (TPSA) is 142 Å². The fourth-order valence-corrected chi connectivity index (χ4v) is 4.39. The van der Waals surface area contributed by atoms with Crippen molar-refractivity contribution < 1.29 is 19.1 Å². The maximum absolute atomic E-state index is 13.1. The number of ether oxygens (including phenoxy) is 2. The summed E-state index contributed by atoms with van der Waals surface area (Å²) in [5.41, 5.74) is 5.43. The van der Waals surface area contributed by atoms with Crippen molar-refractivity contribution in [2.75, 3.05) is 19.8 Å². The molecule has 39 heavy (non-hydrogen) atoms. The minimum Gasteiger partial charge on any atom is -0.465 e. The first-order chi connectivity index (χ1) is 19.0. The van der Waals surface area contributed by atoms with Gasteiger partial charge in [0.1, 0.15) is 6.54 Å². The molecule has 5 rings (SSSR count). The number of aromatic nitrogens is 7. The Morgan fingerprint density at radius 1 is 1.08 bits per heavy atom. The highest BCUT2D eigenvalue weighted by Gasteiger charge is 2.20. The number of aryl methyl sites for hydroxylation is 1. The number of rotatable bonds is 10. The number of hydrogen-bond donors (Lipinski definition) is 2. The van der Waals surface area contributed by atoms with Gasteiger partial charge in [0.25, 0.3) is 11.9 Å². The summed E-state index contributed by atoms with van der Waals surface area (Å²) in [4.78, 5) is 29.4. The summed E-state index contributed by atoms with van der Waals surface area (Å²) in [6, 6.07) is 15.7. The van der Waals surface area contributed by atoms with Crippen LogP contribution in [0.25, 0.3) is 28.2 Å². The fourth-order valence-electron chi connectivity index (χ4n) is 4.39. The number of tetrazole rings is 1. The highest BCUT2D eigenvalue weighted by molar-refractivity contribution is 6.06. The Hall–Kier alpha value is -5.00. The number of para-hydroxylation sites is 1. The molecular formula is C27H28N8O4. The maximum atomic E-state index is 13.1. The van der Waals surface area contributed by atoms with Gasteiger partial charge in [-0.2, -0.15) is 10.2 Å². The van der Waals surface area contributed by atoms with Gasteiger partial charge in [0.15, 0.2) is 0 Å². The summed E-state index contributed by atoms with van der Waals surface area (Å²) in [6.07, 6.45) is 2.01. The summed E-state index contributed by atoms with van der Waals surface area (Å²) >= 11 is 0. The largest absolute Gasteiger partial charge is 0.465 e. The molecule has 0 saturated carbocycles. The maximum Gasteiger partial charge on any atom is 0.325 e. The van der Waals surface area contributed by atoms with Crippen molar-refractivity contribution in [3.05, 3.63) is 71.4 Å². The van der Waals surface area contributed by atoms with E-state index in [1.54, 1.807) is 19.1 Å². The van der Waals surface area contributed by atoms with Crippen molar-refractivity contribution >= 4 is 22.9 Å². The second-order valence-corrected chi connectivity index (χ2v) is 8.75. The summed E-state index contributed by atoms with van der Waals surface area (Å²) < 4.78 is 14.6. The van der Waals surface area contributed by atoms with E-state index in [0.717, 1.165) is 22.5 Å². The van der Waals surface area contributed by atoms with E-state index >= 15 is 0 Å². The van der Waals surface area contributed by atoms with Crippen LogP contribution in [0.1, 0.15) is 35.3 Å². The lowest BCUT2D eigenvalue weighted by atomic mass is 10.1. The van der Waals surface area contributed by atoms with Gasteiger partial charge >= 0.3 is 5.97 Å². The van der Waals surface area contributed by atoms with Crippen LogP contribution in [0.4, 0.5) is 0 Å². The first kappa shape index (κ1) is 25.6. The van der Waals surface area contributed by atoms with E-state index in [1.165, 1.54) is 0 Å². The van der Waals surface area contributed by atoms with Crippen LogP contribution in [-0.2, 0) is 16.1 Å². The molecule has 2 N–H and O–H groups in total. The van der Waals surface area contributed by atoms with Gasteiger partial charge in [-0.1, -0.05) is 18.2 Å². The van der Waals surface area contributed by atoms with Crippen molar-refractivity contribution in [3.8, 4) is 23.2 Å². The van der Waals surface area contributed by atoms with E-state index in [1.807, 2.05) is 65.6 Å². The molecule has 0 bridgehead atoms. The Morgan fingerprint density at radius 3 is 2.62 bits per heavy atom. The van der Waals surface area contributed by atoms with Crippen molar-refractivity contribution in [1.82, 2.24) is 40.1 Å². The van der Waals surface area contributed by atoms with Crippen molar-refractivity contribution in [3.63, 3.8) is 0 Å². The Balaban J connectivity index is 1.46. The number of imidazole rings is 1. The van der Waals surface area contributed by atoms with Gasteiger partial charge in [-0.15, -0.1) is 10.2 Å². The van der Waals surface area contributed by atoms with Gasteiger partial charge in [-0.25, -0.2) is 0 Å². The molecule has 0 saturated heterocycles.